The van der Waals surface area contributed by atoms with Crippen LogP contribution in [0.25, 0.3) is 0 Å². The summed E-state index contributed by atoms with van der Waals surface area (Å²) in [6.07, 6.45) is 8.75. The highest BCUT2D eigenvalue weighted by atomic mass is 35.5. The van der Waals surface area contributed by atoms with E-state index >= 15 is 0 Å². The highest BCUT2D eigenvalue weighted by Crippen LogP contribution is 2.54. The van der Waals surface area contributed by atoms with Gasteiger partial charge in [0.25, 0.3) is 0 Å². The summed E-state index contributed by atoms with van der Waals surface area (Å²) in [6.45, 7) is 2.48. The number of aliphatic hydroxyl groups is 1. The number of allylic oxidation sites excluding steroid dienone is 4. The van der Waals surface area contributed by atoms with E-state index in [9.17, 15) is 9.90 Å². The molecule has 0 aromatic carbocycles. The number of alkyl halides is 1. The number of ketones is 1. The molecule has 3 aliphatic carbocycles. The van der Waals surface area contributed by atoms with Gasteiger partial charge in [0.1, 0.15) is 0 Å². The lowest BCUT2D eigenvalue weighted by molar-refractivity contribution is -0.114. The van der Waals surface area contributed by atoms with E-state index in [2.05, 4.69) is 6.92 Å². The molecule has 1 saturated carbocycles. The molecule has 0 aromatic rings. The average molecular weight is 309 g/mol. The molecule has 21 heavy (non-hydrogen) atoms. The minimum atomic E-state index is 0.00925. The van der Waals surface area contributed by atoms with Gasteiger partial charge in [-0.2, -0.15) is 0 Å². The van der Waals surface area contributed by atoms with E-state index < -0.39 is 0 Å². The first-order valence-electron chi connectivity index (χ1n) is 8.21. The van der Waals surface area contributed by atoms with Crippen molar-refractivity contribution in [3.05, 3.63) is 22.8 Å². The first kappa shape index (κ1) is 15.3. The predicted octanol–water partition coefficient (Wildman–Crippen LogP) is 4.02. The van der Waals surface area contributed by atoms with Crippen LogP contribution in [0.1, 0.15) is 51.9 Å². The lowest BCUT2D eigenvalue weighted by Gasteiger charge is -2.49. The number of carbonyl (C=O) groups is 1. The Morgan fingerprint density at radius 1 is 1.33 bits per heavy atom. The third kappa shape index (κ3) is 2.61. The summed E-state index contributed by atoms with van der Waals surface area (Å²) in [5.41, 5.74) is 4.37. The highest BCUT2D eigenvalue weighted by Gasteiger charge is 2.45. The van der Waals surface area contributed by atoms with Gasteiger partial charge in [0.2, 0.25) is 0 Å². The van der Waals surface area contributed by atoms with Crippen molar-refractivity contribution in [3.63, 3.8) is 0 Å². The third-order valence-corrected chi connectivity index (χ3v) is 6.25. The Hall–Kier alpha value is -0.600. The molecule has 1 N–H and O–H groups in total. The quantitative estimate of drug-likeness (QED) is 0.800. The SMILES string of the molecule is C[C@]1(CO)CCC2=C3CCC(=O)C=C3CCC2C1CCCl. The largest absolute Gasteiger partial charge is 0.396 e. The molecule has 0 amide bonds. The Morgan fingerprint density at radius 2 is 2.14 bits per heavy atom. The van der Waals surface area contributed by atoms with Gasteiger partial charge in [-0.15, -0.1) is 11.6 Å². The van der Waals surface area contributed by atoms with Crippen LogP contribution in [0.3, 0.4) is 0 Å². The van der Waals surface area contributed by atoms with Crippen molar-refractivity contribution in [1.29, 1.82) is 0 Å². The molecule has 0 saturated heterocycles. The van der Waals surface area contributed by atoms with E-state index in [0.717, 1.165) is 38.5 Å². The lowest BCUT2D eigenvalue weighted by atomic mass is 9.56. The second kappa shape index (κ2) is 5.89. The normalized spacial score (nSPS) is 36.1. The number of fused-ring (bicyclic) bond motifs is 2. The molecular formula is C18H25ClO2. The van der Waals surface area contributed by atoms with Crippen molar-refractivity contribution in [2.45, 2.75) is 51.9 Å². The van der Waals surface area contributed by atoms with Crippen LogP contribution >= 0.6 is 11.6 Å². The Labute approximate surface area is 132 Å². The van der Waals surface area contributed by atoms with E-state index in [4.69, 9.17) is 11.6 Å². The van der Waals surface area contributed by atoms with Crippen molar-refractivity contribution in [3.8, 4) is 0 Å². The topological polar surface area (TPSA) is 37.3 Å². The molecule has 3 atom stereocenters. The Kier molecular flexibility index (Phi) is 4.29. The zero-order chi connectivity index (χ0) is 15.0. The van der Waals surface area contributed by atoms with Gasteiger partial charge in [0.15, 0.2) is 5.78 Å². The smallest absolute Gasteiger partial charge is 0.156 e. The Balaban J connectivity index is 1.97. The van der Waals surface area contributed by atoms with Crippen molar-refractivity contribution < 1.29 is 9.90 Å². The molecule has 1 fully saturated rings. The molecule has 0 radical (unpaired) electrons. The minimum Gasteiger partial charge on any atom is -0.396 e. The molecule has 116 valence electrons. The van der Waals surface area contributed by atoms with Gasteiger partial charge in [-0.05, 0) is 73.0 Å². The van der Waals surface area contributed by atoms with Crippen LogP contribution in [0.5, 0.6) is 0 Å². The minimum absolute atomic E-state index is 0.00925. The van der Waals surface area contributed by atoms with Crippen LogP contribution in [0.2, 0.25) is 0 Å². The van der Waals surface area contributed by atoms with Gasteiger partial charge in [-0.1, -0.05) is 12.5 Å². The fourth-order valence-corrected chi connectivity index (χ4v) is 5.03. The van der Waals surface area contributed by atoms with Crippen LogP contribution in [-0.4, -0.2) is 23.4 Å². The maximum Gasteiger partial charge on any atom is 0.156 e. The molecule has 0 bridgehead atoms. The number of aliphatic hydroxyl groups excluding tert-OH is 1. The number of rotatable bonds is 3. The van der Waals surface area contributed by atoms with Gasteiger partial charge in [0, 0.05) is 18.9 Å². The summed E-state index contributed by atoms with van der Waals surface area (Å²) in [7, 11) is 0. The van der Waals surface area contributed by atoms with Gasteiger partial charge >= 0.3 is 0 Å². The fourth-order valence-electron chi connectivity index (χ4n) is 4.80. The summed E-state index contributed by atoms with van der Waals surface area (Å²) in [5, 5.41) is 9.89. The first-order chi connectivity index (χ1) is 10.1. The van der Waals surface area contributed by atoms with E-state index in [-0.39, 0.29) is 12.0 Å². The van der Waals surface area contributed by atoms with Crippen LogP contribution < -0.4 is 0 Å². The van der Waals surface area contributed by atoms with E-state index in [1.807, 2.05) is 6.08 Å². The Bertz CT molecular complexity index is 505. The molecule has 0 spiro atoms. The zero-order valence-corrected chi connectivity index (χ0v) is 13.6. The molecule has 2 nitrogen and oxygen atoms in total. The zero-order valence-electron chi connectivity index (χ0n) is 12.8. The second-order valence-electron chi connectivity index (χ2n) is 7.18. The van der Waals surface area contributed by atoms with Gasteiger partial charge in [0.05, 0.1) is 0 Å². The van der Waals surface area contributed by atoms with Gasteiger partial charge < -0.3 is 5.11 Å². The molecule has 0 aliphatic heterocycles. The predicted molar refractivity (Wildman–Crippen MR) is 85.3 cm³/mol. The summed E-state index contributed by atoms with van der Waals surface area (Å²) in [5.74, 6) is 2.01. The van der Waals surface area contributed by atoms with Gasteiger partial charge in [-0.3, -0.25) is 4.79 Å². The number of hydrogen-bond acceptors (Lipinski definition) is 2. The monoisotopic (exact) mass is 308 g/mol. The molecule has 0 heterocycles. The number of halogens is 1. The second-order valence-corrected chi connectivity index (χ2v) is 7.56. The summed E-state index contributed by atoms with van der Waals surface area (Å²) in [4.78, 5) is 11.6. The molecular weight excluding hydrogens is 284 g/mol. The fraction of sp³-hybridized carbons (Fsp3) is 0.722. The van der Waals surface area contributed by atoms with E-state index in [1.165, 1.54) is 11.1 Å². The van der Waals surface area contributed by atoms with Crippen LogP contribution in [0.4, 0.5) is 0 Å². The van der Waals surface area contributed by atoms with Gasteiger partial charge in [-0.25, -0.2) is 0 Å². The van der Waals surface area contributed by atoms with E-state index in [1.54, 1.807) is 5.57 Å². The summed E-state index contributed by atoms with van der Waals surface area (Å²) < 4.78 is 0. The average Bonchev–Trinajstić information content (AvgIpc) is 2.49. The third-order valence-electron chi connectivity index (χ3n) is 6.03. The standard InChI is InChI=1S/C18H25ClO2/c1-18(11-20)8-6-15-14-5-3-13(21)10-12(14)2-4-16(15)17(18)7-9-19/h10,16-17,20H,2-9,11H2,1H3/t16?,17?,18-/m1/s1. The maximum atomic E-state index is 11.6. The van der Waals surface area contributed by atoms with E-state index in [0.29, 0.717) is 29.9 Å². The van der Waals surface area contributed by atoms with Crippen LogP contribution in [-0.2, 0) is 4.79 Å². The lowest BCUT2D eigenvalue weighted by Crippen LogP contribution is -2.42. The summed E-state index contributed by atoms with van der Waals surface area (Å²) in [6, 6.07) is 0. The summed E-state index contributed by atoms with van der Waals surface area (Å²) >= 11 is 6.05. The number of hydrogen-bond donors (Lipinski definition) is 1. The van der Waals surface area contributed by atoms with Crippen LogP contribution in [0.15, 0.2) is 22.8 Å². The maximum absolute atomic E-state index is 11.6. The molecule has 3 aliphatic rings. The van der Waals surface area contributed by atoms with Crippen molar-refractivity contribution in [2.75, 3.05) is 12.5 Å². The first-order valence-corrected chi connectivity index (χ1v) is 8.75. The van der Waals surface area contributed by atoms with Crippen molar-refractivity contribution in [1.82, 2.24) is 0 Å². The molecule has 0 aromatic heterocycles. The van der Waals surface area contributed by atoms with Crippen molar-refractivity contribution in [2.24, 2.45) is 17.3 Å². The Morgan fingerprint density at radius 3 is 2.86 bits per heavy atom. The molecule has 3 rings (SSSR count). The van der Waals surface area contributed by atoms with Crippen molar-refractivity contribution >= 4 is 17.4 Å². The van der Waals surface area contributed by atoms with Crippen LogP contribution in [0, 0.1) is 17.3 Å². The molecule has 3 heteroatoms. The highest BCUT2D eigenvalue weighted by molar-refractivity contribution is 6.17. The number of carbonyl (C=O) groups excluding carboxylic acids is 1. The molecule has 2 unspecified atom stereocenters.